The van der Waals surface area contributed by atoms with Crippen LogP contribution in [-0.2, 0) is 5.66 Å². The summed E-state index contributed by atoms with van der Waals surface area (Å²) in [6, 6.07) is 8.46. The first kappa shape index (κ1) is 20.0. The Kier molecular flexibility index (Phi) is 4.65. The molecule has 0 saturated carbocycles. The minimum absolute atomic E-state index is 0.0180. The van der Waals surface area contributed by atoms with Crippen molar-refractivity contribution in [3.8, 4) is 0 Å². The summed E-state index contributed by atoms with van der Waals surface area (Å²) >= 11 is 0. The van der Waals surface area contributed by atoms with Crippen LogP contribution in [0.3, 0.4) is 0 Å². The van der Waals surface area contributed by atoms with Gasteiger partial charge in [0.05, 0.1) is 0 Å². The van der Waals surface area contributed by atoms with Crippen LogP contribution in [-0.4, -0.2) is 31.6 Å². The third-order valence-corrected chi connectivity index (χ3v) is 4.96. The van der Waals surface area contributed by atoms with Crippen molar-refractivity contribution in [3.05, 3.63) is 75.7 Å². The van der Waals surface area contributed by atoms with Crippen LogP contribution in [0.2, 0.25) is 0 Å². The van der Waals surface area contributed by atoms with E-state index in [4.69, 9.17) is 5.11 Å². The summed E-state index contributed by atoms with van der Waals surface area (Å²) in [4.78, 5) is 44.6. The second kappa shape index (κ2) is 7.20. The highest BCUT2D eigenvalue weighted by molar-refractivity contribution is 5.97. The topological polar surface area (TPSA) is 138 Å². The zero-order valence-corrected chi connectivity index (χ0v) is 16.4. The molecule has 4 N–H and O–H groups in total. The minimum Gasteiger partial charge on any atom is -0.465 e. The van der Waals surface area contributed by atoms with E-state index in [-0.39, 0.29) is 23.0 Å². The average molecular weight is 424 g/mol. The van der Waals surface area contributed by atoms with Gasteiger partial charge in [-0.25, -0.2) is 19.2 Å². The molecular formula is C20H17FN6O4. The van der Waals surface area contributed by atoms with Crippen LogP contribution in [0.15, 0.2) is 47.5 Å². The number of amides is 2. The normalized spacial score (nSPS) is 17.1. The van der Waals surface area contributed by atoms with Gasteiger partial charge >= 0.3 is 6.09 Å². The molecule has 1 unspecified atom stereocenters. The van der Waals surface area contributed by atoms with Crippen LogP contribution in [0, 0.1) is 12.7 Å². The molecule has 3 aromatic rings. The number of halogens is 1. The number of carboxylic acid groups (broad SMARTS) is 1. The number of carbonyl (C=O) groups excluding carboxylic acids is 1. The lowest BCUT2D eigenvalue weighted by molar-refractivity contribution is 0.0941. The van der Waals surface area contributed by atoms with Gasteiger partial charge in [-0.3, -0.25) is 19.5 Å². The lowest BCUT2D eigenvalue weighted by Crippen LogP contribution is -2.46. The maximum atomic E-state index is 13.9. The van der Waals surface area contributed by atoms with E-state index in [0.717, 1.165) is 6.33 Å². The molecule has 3 heterocycles. The molecule has 1 aliphatic rings. The minimum atomic E-state index is -1.31. The number of aryl methyl sites for hydroxylation is 1. The predicted octanol–water partition coefficient (Wildman–Crippen LogP) is 2.38. The second-order valence-electron chi connectivity index (χ2n) is 7.11. The van der Waals surface area contributed by atoms with Gasteiger partial charge < -0.3 is 15.7 Å². The molecule has 0 bridgehead atoms. The Balaban J connectivity index is 1.82. The molecule has 31 heavy (non-hydrogen) atoms. The first-order valence-electron chi connectivity index (χ1n) is 9.14. The molecule has 0 radical (unpaired) electrons. The number of benzene rings is 1. The molecular weight excluding hydrogens is 407 g/mol. The molecule has 1 aliphatic heterocycles. The highest BCUT2D eigenvalue weighted by atomic mass is 19.1. The number of carbonyl (C=O) groups is 2. The standard InChI is InChI=1S/C20H17FN6O4/c1-10-6-13(24-14-8-15(23-9-22-14)25-19(30)31)18(29)27-16(10)17(28)26-20(27,2)11-4-3-5-12(21)7-11/h3-9H,1-2H3,(H,26,28)(H,30,31)(H2,22,23,24,25). The maximum absolute atomic E-state index is 13.9. The van der Waals surface area contributed by atoms with Crippen molar-refractivity contribution in [2.45, 2.75) is 19.5 Å². The SMILES string of the molecule is Cc1cc(Nc2cc(NC(=O)O)ncn2)c(=O)n2c1C(=O)NC2(C)c1cccc(F)c1. The van der Waals surface area contributed by atoms with Crippen LogP contribution < -0.4 is 21.5 Å². The molecule has 2 aromatic heterocycles. The van der Waals surface area contributed by atoms with E-state index in [9.17, 15) is 18.8 Å². The Morgan fingerprint density at radius 2 is 1.94 bits per heavy atom. The van der Waals surface area contributed by atoms with E-state index in [1.165, 1.54) is 34.9 Å². The van der Waals surface area contributed by atoms with E-state index in [1.54, 1.807) is 19.9 Å². The number of nitrogens with zero attached hydrogens (tertiary/aromatic N) is 3. The van der Waals surface area contributed by atoms with Crippen molar-refractivity contribution >= 4 is 29.3 Å². The van der Waals surface area contributed by atoms with Crippen molar-refractivity contribution in [1.29, 1.82) is 0 Å². The summed E-state index contributed by atoms with van der Waals surface area (Å²) in [5, 5.41) is 16.5. The Morgan fingerprint density at radius 1 is 1.19 bits per heavy atom. The van der Waals surface area contributed by atoms with Crippen LogP contribution >= 0.6 is 0 Å². The molecule has 10 nitrogen and oxygen atoms in total. The van der Waals surface area contributed by atoms with Crippen molar-refractivity contribution in [1.82, 2.24) is 19.9 Å². The van der Waals surface area contributed by atoms with Crippen LogP contribution in [0.25, 0.3) is 0 Å². The summed E-state index contributed by atoms with van der Waals surface area (Å²) in [5.74, 6) is -0.771. The highest BCUT2D eigenvalue weighted by Crippen LogP contribution is 2.31. The van der Waals surface area contributed by atoms with E-state index in [0.29, 0.717) is 11.1 Å². The zero-order valence-electron chi connectivity index (χ0n) is 16.4. The van der Waals surface area contributed by atoms with Crippen molar-refractivity contribution in [3.63, 3.8) is 0 Å². The first-order valence-corrected chi connectivity index (χ1v) is 9.14. The monoisotopic (exact) mass is 424 g/mol. The molecule has 11 heteroatoms. The van der Waals surface area contributed by atoms with Gasteiger partial charge in [-0.1, -0.05) is 12.1 Å². The highest BCUT2D eigenvalue weighted by Gasteiger charge is 2.42. The quantitative estimate of drug-likeness (QED) is 0.504. The predicted molar refractivity (Wildman–Crippen MR) is 109 cm³/mol. The summed E-state index contributed by atoms with van der Waals surface area (Å²) in [6.07, 6.45) is -0.165. The molecule has 158 valence electrons. The average Bonchev–Trinajstić information content (AvgIpc) is 2.98. The molecule has 0 saturated heterocycles. The number of rotatable bonds is 4. The zero-order chi connectivity index (χ0) is 22.3. The Labute approximate surface area is 174 Å². The van der Waals surface area contributed by atoms with Crippen molar-refractivity contribution in [2.24, 2.45) is 0 Å². The molecule has 4 rings (SSSR count). The Hall–Kier alpha value is -4.28. The van der Waals surface area contributed by atoms with E-state index >= 15 is 0 Å². The molecule has 0 spiro atoms. The van der Waals surface area contributed by atoms with Gasteiger partial charge in [0.1, 0.15) is 40.8 Å². The number of nitrogens with one attached hydrogen (secondary N) is 3. The lowest BCUT2D eigenvalue weighted by Gasteiger charge is -2.28. The van der Waals surface area contributed by atoms with E-state index in [1.807, 2.05) is 0 Å². The number of anilines is 3. The molecule has 1 aromatic carbocycles. The van der Waals surface area contributed by atoms with Crippen LogP contribution in [0.1, 0.15) is 28.5 Å². The Morgan fingerprint density at radius 3 is 2.65 bits per heavy atom. The largest absolute Gasteiger partial charge is 0.465 e. The molecule has 1 atom stereocenters. The van der Waals surface area contributed by atoms with Gasteiger partial charge in [-0.05, 0) is 37.6 Å². The second-order valence-corrected chi connectivity index (χ2v) is 7.11. The van der Waals surface area contributed by atoms with Crippen LogP contribution in [0.5, 0.6) is 0 Å². The fourth-order valence-electron chi connectivity index (χ4n) is 3.61. The summed E-state index contributed by atoms with van der Waals surface area (Å²) in [7, 11) is 0. The smallest absolute Gasteiger partial charge is 0.410 e. The van der Waals surface area contributed by atoms with Gasteiger partial charge in [-0.15, -0.1) is 0 Å². The van der Waals surface area contributed by atoms with Crippen molar-refractivity contribution < 1.29 is 19.1 Å². The number of pyridine rings is 1. The third kappa shape index (κ3) is 3.45. The fourth-order valence-corrected chi connectivity index (χ4v) is 3.61. The number of fused-ring (bicyclic) bond motifs is 1. The third-order valence-electron chi connectivity index (χ3n) is 4.96. The summed E-state index contributed by atoms with van der Waals surface area (Å²) in [6.45, 7) is 3.28. The van der Waals surface area contributed by atoms with Gasteiger partial charge in [0.25, 0.3) is 11.5 Å². The van der Waals surface area contributed by atoms with Gasteiger partial charge in [0, 0.05) is 11.6 Å². The number of hydrogen-bond acceptors (Lipinski definition) is 6. The van der Waals surface area contributed by atoms with E-state index < -0.39 is 29.0 Å². The number of hydrogen-bond donors (Lipinski definition) is 4. The van der Waals surface area contributed by atoms with Gasteiger partial charge in [0.2, 0.25) is 0 Å². The lowest BCUT2D eigenvalue weighted by atomic mass is 10.0. The van der Waals surface area contributed by atoms with E-state index in [2.05, 4.69) is 25.9 Å². The molecule has 0 aliphatic carbocycles. The van der Waals surface area contributed by atoms with Gasteiger partial charge in [-0.2, -0.15) is 0 Å². The maximum Gasteiger partial charge on any atom is 0.410 e. The van der Waals surface area contributed by atoms with Gasteiger partial charge in [0.15, 0.2) is 0 Å². The van der Waals surface area contributed by atoms with Crippen molar-refractivity contribution in [2.75, 3.05) is 10.6 Å². The first-order chi connectivity index (χ1) is 14.7. The van der Waals surface area contributed by atoms with Crippen LogP contribution in [0.4, 0.5) is 26.5 Å². The number of aromatic nitrogens is 3. The molecule has 2 amide bonds. The molecule has 0 fully saturated rings. The fraction of sp³-hybridized carbons (Fsp3) is 0.150. The summed E-state index contributed by atoms with van der Waals surface area (Å²) < 4.78 is 15.1. The Bertz CT molecular complexity index is 1290. The summed E-state index contributed by atoms with van der Waals surface area (Å²) in [5.41, 5.74) is -0.683.